The molecule has 1 aliphatic rings. The highest BCUT2D eigenvalue weighted by molar-refractivity contribution is 7.89. The number of halogens is 1. The lowest BCUT2D eigenvalue weighted by atomic mass is 9.97. The monoisotopic (exact) mass is 419 g/mol. The van der Waals surface area contributed by atoms with Crippen LogP contribution in [0.3, 0.4) is 0 Å². The van der Waals surface area contributed by atoms with Gasteiger partial charge >= 0.3 is 0 Å². The maximum Gasteiger partial charge on any atom is 0.243 e. The Balaban J connectivity index is 1.58. The van der Waals surface area contributed by atoms with E-state index in [1.807, 2.05) is 31.1 Å². The van der Waals surface area contributed by atoms with Crippen molar-refractivity contribution in [3.8, 4) is 0 Å². The first kappa shape index (κ1) is 21.4. The van der Waals surface area contributed by atoms with Gasteiger partial charge in [-0.05, 0) is 68.9 Å². The zero-order valence-electron chi connectivity index (χ0n) is 16.6. The van der Waals surface area contributed by atoms with Crippen molar-refractivity contribution < 1.29 is 17.6 Å². The van der Waals surface area contributed by atoms with Crippen LogP contribution in [0.15, 0.2) is 53.4 Å². The number of hydrogen-bond acceptors (Lipinski definition) is 4. The third-order valence-electron chi connectivity index (χ3n) is 5.00. The van der Waals surface area contributed by atoms with Gasteiger partial charge < -0.3 is 10.2 Å². The van der Waals surface area contributed by atoms with Crippen molar-refractivity contribution in [3.05, 3.63) is 59.9 Å². The van der Waals surface area contributed by atoms with Gasteiger partial charge in [0, 0.05) is 31.2 Å². The van der Waals surface area contributed by atoms with Crippen LogP contribution in [-0.2, 0) is 21.4 Å². The number of carbonyl (C=O) groups is 1. The minimum absolute atomic E-state index is 0.165. The summed E-state index contributed by atoms with van der Waals surface area (Å²) >= 11 is 0. The number of carbonyl (C=O) groups excluding carboxylic acids is 1. The normalized spacial score (nSPS) is 16.1. The number of piperidine rings is 1. The molecule has 3 rings (SSSR count). The third-order valence-corrected chi connectivity index (χ3v) is 6.91. The smallest absolute Gasteiger partial charge is 0.243 e. The van der Waals surface area contributed by atoms with E-state index in [1.165, 1.54) is 28.6 Å². The lowest BCUT2D eigenvalue weighted by Crippen LogP contribution is -2.41. The molecule has 0 aliphatic carbocycles. The van der Waals surface area contributed by atoms with Gasteiger partial charge in [-0.2, -0.15) is 4.31 Å². The van der Waals surface area contributed by atoms with E-state index in [1.54, 1.807) is 12.1 Å². The molecule has 0 bridgehead atoms. The van der Waals surface area contributed by atoms with Crippen molar-refractivity contribution in [3.63, 3.8) is 0 Å². The molecule has 2 aromatic carbocycles. The second-order valence-electron chi connectivity index (χ2n) is 7.56. The van der Waals surface area contributed by atoms with Crippen LogP contribution in [0.2, 0.25) is 0 Å². The van der Waals surface area contributed by atoms with E-state index in [0.717, 1.165) is 12.1 Å². The summed E-state index contributed by atoms with van der Waals surface area (Å²) in [5, 5.41) is 2.77. The molecule has 6 nitrogen and oxygen atoms in total. The van der Waals surface area contributed by atoms with Crippen LogP contribution in [0.5, 0.6) is 0 Å². The quantitative estimate of drug-likeness (QED) is 0.782. The Morgan fingerprint density at radius 1 is 1.07 bits per heavy atom. The maximum absolute atomic E-state index is 13.0. The van der Waals surface area contributed by atoms with Gasteiger partial charge in [-0.3, -0.25) is 4.79 Å². The van der Waals surface area contributed by atoms with Crippen molar-refractivity contribution in [1.29, 1.82) is 0 Å². The number of benzene rings is 2. The minimum atomic E-state index is -3.57. The standard InChI is InChI=1S/C21H26FN3O3S/c1-24(2)15-16-3-9-20(10-4-16)29(27,28)25-13-11-17(12-14-25)21(26)23-19-7-5-18(22)6-8-19/h3-10,17H,11-15H2,1-2H3,(H,23,26). The molecule has 8 heteroatoms. The summed E-state index contributed by atoms with van der Waals surface area (Å²) in [4.78, 5) is 14.7. The Morgan fingerprint density at radius 2 is 1.66 bits per heavy atom. The number of sulfonamides is 1. The van der Waals surface area contributed by atoms with E-state index in [4.69, 9.17) is 0 Å². The lowest BCUT2D eigenvalue weighted by molar-refractivity contribution is -0.120. The number of nitrogens with one attached hydrogen (secondary N) is 1. The highest BCUT2D eigenvalue weighted by Crippen LogP contribution is 2.25. The Kier molecular flexibility index (Phi) is 6.66. The number of hydrogen-bond donors (Lipinski definition) is 1. The summed E-state index contributed by atoms with van der Waals surface area (Å²) in [5.74, 6) is -0.799. The molecule has 156 valence electrons. The van der Waals surface area contributed by atoms with Gasteiger partial charge in [0.05, 0.1) is 4.90 Å². The van der Waals surface area contributed by atoms with Crippen LogP contribution in [0.25, 0.3) is 0 Å². The van der Waals surface area contributed by atoms with E-state index in [-0.39, 0.29) is 22.5 Å². The van der Waals surface area contributed by atoms with Crippen molar-refractivity contribution in [2.24, 2.45) is 5.92 Å². The predicted molar refractivity (Wildman–Crippen MR) is 110 cm³/mol. The van der Waals surface area contributed by atoms with E-state index in [2.05, 4.69) is 5.32 Å². The molecular formula is C21H26FN3O3S. The fourth-order valence-electron chi connectivity index (χ4n) is 3.42. The molecule has 0 aromatic heterocycles. The lowest BCUT2D eigenvalue weighted by Gasteiger charge is -2.30. The van der Waals surface area contributed by atoms with Gasteiger partial charge in [0.15, 0.2) is 0 Å². The van der Waals surface area contributed by atoms with Gasteiger partial charge in [-0.1, -0.05) is 12.1 Å². The van der Waals surface area contributed by atoms with Crippen LogP contribution in [0, 0.1) is 11.7 Å². The largest absolute Gasteiger partial charge is 0.326 e. The first-order valence-corrected chi connectivity index (χ1v) is 11.0. The van der Waals surface area contributed by atoms with Gasteiger partial charge in [0.2, 0.25) is 15.9 Å². The van der Waals surface area contributed by atoms with Crippen molar-refractivity contribution in [2.45, 2.75) is 24.3 Å². The molecule has 1 fully saturated rings. The van der Waals surface area contributed by atoms with E-state index >= 15 is 0 Å². The summed E-state index contributed by atoms with van der Waals surface area (Å²) in [7, 11) is 0.345. The summed E-state index contributed by atoms with van der Waals surface area (Å²) in [6, 6.07) is 12.5. The average molecular weight is 420 g/mol. The van der Waals surface area contributed by atoms with Crippen molar-refractivity contribution in [1.82, 2.24) is 9.21 Å². The molecule has 1 N–H and O–H groups in total. The van der Waals surface area contributed by atoms with Crippen LogP contribution < -0.4 is 5.32 Å². The molecule has 1 heterocycles. The molecule has 29 heavy (non-hydrogen) atoms. The third kappa shape index (κ3) is 5.41. The molecule has 1 saturated heterocycles. The number of amides is 1. The Morgan fingerprint density at radius 3 is 2.21 bits per heavy atom. The Hall–Kier alpha value is -2.29. The SMILES string of the molecule is CN(C)Cc1ccc(S(=O)(=O)N2CCC(C(=O)Nc3ccc(F)cc3)CC2)cc1. The fraction of sp³-hybridized carbons (Fsp3) is 0.381. The molecule has 0 radical (unpaired) electrons. The second-order valence-corrected chi connectivity index (χ2v) is 9.49. The molecule has 1 aliphatic heterocycles. The number of nitrogens with zero attached hydrogens (tertiary/aromatic N) is 2. The highest BCUT2D eigenvalue weighted by atomic mass is 32.2. The molecule has 0 unspecified atom stereocenters. The predicted octanol–water partition coefficient (Wildman–Crippen LogP) is 2.93. The number of rotatable bonds is 6. The minimum Gasteiger partial charge on any atom is -0.326 e. The summed E-state index contributed by atoms with van der Waals surface area (Å²) in [6.07, 6.45) is 0.899. The topological polar surface area (TPSA) is 69.7 Å². The van der Waals surface area contributed by atoms with Crippen LogP contribution in [0.4, 0.5) is 10.1 Å². The van der Waals surface area contributed by atoms with E-state index in [0.29, 0.717) is 31.6 Å². The molecular weight excluding hydrogens is 393 g/mol. The zero-order valence-corrected chi connectivity index (χ0v) is 17.5. The van der Waals surface area contributed by atoms with Crippen LogP contribution >= 0.6 is 0 Å². The zero-order chi connectivity index (χ0) is 21.0. The van der Waals surface area contributed by atoms with Crippen LogP contribution in [-0.4, -0.2) is 50.7 Å². The molecule has 2 aromatic rings. The van der Waals surface area contributed by atoms with Crippen LogP contribution in [0.1, 0.15) is 18.4 Å². The molecule has 0 atom stereocenters. The summed E-state index contributed by atoms with van der Waals surface area (Å²) in [6.45, 7) is 1.33. The maximum atomic E-state index is 13.0. The van der Waals surface area contributed by atoms with Gasteiger partial charge in [-0.15, -0.1) is 0 Å². The first-order valence-electron chi connectivity index (χ1n) is 9.56. The number of anilines is 1. The second kappa shape index (κ2) is 9.02. The molecule has 0 saturated carbocycles. The summed E-state index contributed by atoms with van der Waals surface area (Å²) in [5.41, 5.74) is 1.58. The highest BCUT2D eigenvalue weighted by Gasteiger charge is 2.32. The van der Waals surface area contributed by atoms with Gasteiger partial charge in [0.1, 0.15) is 5.82 Å². The van der Waals surface area contributed by atoms with Crippen molar-refractivity contribution in [2.75, 3.05) is 32.5 Å². The first-order chi connectivity index (χ1) is 13.8. The van der Waals surface area contributed by atoms with E-state index < -0.39 is 10.0 Å². The summed E-state index contributed by atoms with van der Waals surface area (Å²) < 4.78 is 40.2. The van der Waals surface area contributed by atoms with Gasteiger partial charge in [-0.25, -0.2) is 12.8 Å². The Bertz CT molecular complexity index is 936. The van der Waals surface area contributed by atoms with Gasteiger partial charge in [0.25, 0.3) is 0 Å². The fourth-order valence-corrected chi connectivity index (χ4v) is 4.89. The average Bonchev–Trinajstić information content (AvgIpc) is 2.70. The Labute approximate surface area is 171 Å². The molecule has 0 spiro atoms. The van der Waals surface area contributed by atoms with E-state index in [9.17, 15) is 17.6 Å². The molecule has 1 amide bonds. The van der Waals surface area contributed by atoms with Crippen molar-refractivity contribution >= 4 is 21.6 Å².